The Labute approximate surface area is 171 Å². The average molecular weight is 404 g/mol. The second-order valence-corrected chi connectivity index (χ2v) is 8.35. The van der Waals surface area contributed by atoms with Crippen LogP contribution in [-0.2, 0) is 0 Å². The highest BCUT2D eigenvalue weighted by Crippen LogP contribution is 2.30. The van der Waals surface area contributed by atoms with Crippen molar-refractivity contribution >= 4 is 32.8 Å². The Balaban J connectivity index is 1.80. The van der Waals surface area contributed by atoms with E-state index < -0.39 is 6.10 Å². The molecule has 1 N–H and O–H groups in total. The van der Waals surface area contributed by atoms with Crippen LogP contribution >= 0.6 is 11.3 Å². The van der Waals surface area contributed by atoms with E-state index in [-0.39, 0.29) is 11.5 Å². The van der Waals surface area contributed by atoms with Gasteiger partial charge in [0.1, 0.15) is 0 Å². The van der Waals surface area contributed by atoms with Crippen LogP contribution in [0.3, 0.4) is 0 Å². The van der Waals surface area contributed by atoms with Crippen LogP contribution in [0.1, 0.15) is 23.2 Å². The zero-order valence-corrected chi connectivity index (χ0v) is 16.6. The Morgan fingerprint density at radius 1 is 1.14 bits per heavy atom. The second-order valence-electron chi connectivity index (χ2n) is 7.43. The number of fused-ring (bicyclic) bond motifs is 3. The maximum atomic E-state index is 13.5. The maximum absolute atomic E-state index is 13.5. The third-order valence-electron chi connectivity index (χ3n) is 5.55. The first-order valence-corrected chi connectivity index (χ1v) is 10.6. The molecule has 4 aromatic rings. The molecular weight excluding hydrogens is 384 g/mol. The van der Waals surface area contributed by atoms with E-state index in [9.17, 15) is 14.7 Å². The monoisotopic (exact) mass is 404 g/mol. The number of nitrogens with zero attached hydrogens (tertiary/aromatic N) is 2. The number of thiophene rings is 1. The van der Waals surface area contributed by atoms with E-state index in [4.69, 9.17) is 0 Å². The molecule has 6 heteroatoms. The summed E-state index contributed by atoms with van der Waals surface area (Å²) in [6.07, 6.45) is 2.74. The van der Waals surface area contributed by atoms with Gasteiger partial charge >= 0.3 is 0 Å². The summed E-state index contributed by atoms with van der Waals surface area (Å²) in [4.78, 5) is 28.5. The number of hydrogen-bond acceptors (Lipinski definition) is 4. The molecule has 1 amide bonds. The SMILES string of the molecule is O=C(c1cc(-c2ccccc2)c(=O)n2ccc3ccsc3c12)N1CCCC(O)C1. The fourth-order valence-electron chi connectivity index (χ4n) is 4.10. The Bertz CT molecular complexity index is 1280. The van der Waals surface area contributed by atoms with Crippen molar-refractivity contribution in [2.75, 3.05) is 13.1 Å². The summed E-state index contributed by atoms with van der Waals surface area (Å²) in [6.45, 7) is 0.938. The molecule has 3 aromatic heterocycles. The molecule has 29 heavy (non-hydrogen) atoms. The van der Waals surface area contributed by atoms with Gasteiger partial charge in [0.15, 0.2) is 0 Å². The van der Waals surface area contributed by atoms with Crippen LogP contribution in [-0.4, -0.2) is 39.5 Å². The molecule has 0 radical (unpaired) electrons. The van der Waals surface area contributed by atoms with Gasteiger partial charge in [0.25, 0.3) is 11.5 Å². The Hall–Kier alpha value is -2.96. The number of aliphatic hydroxyl groups is 1. The third-order valence-corrected chi connectivity index (χ3v) is 6.48. The molecule has 1 fully saturated rings. The third kappa shape index (κ3) is 3.05. The number of benzene rings is 1. The summed E-state index contributed by atoms with van der Waals surface area (Å²) in [5.41, 5.74) is 2.29. The van der Waals surface area contributed by atoms with Crippen molar-refractivity contribution in [1.29, 1.82) is 0 Å². The van der Waals surface area contributed by atoms with Crippen molar-refractivity contribution in [3.8, 4) is 11.1 Å². The van der Waals surface area contributed by atoms with Crippen LogP contribution in [0.25, 0.3) is 26.7 Å². The zero-order valence-electron chi connectivity index (χ0n) is 15.7. The van der Waals surface area contributed by atoms with Crippen molar-refractivity contribution < 1.29 is 9.90 Å². The van der Waals surface area contributed by atoms with E-state index in [2.05, 4.69) is 0 Å². The van der Waals surface area contributed by atoms with Gasteiger partial charge in [0.05, 0.1) is 21.9 Å². The van der Waals surface area contributed by atoms with Gasteiger partial charge in [-0.05, 0) is 47.4 Å². The molecule has 1 atom stereocenters. The number of pyridine rings is 2. The minimum Gasteiger partial charge on any atom is -0.391 e. The number of carbonyl (C=O) groups is 1. The summed E-state index contributed by atoms with van der Waals surface area (Å²) in [5.74, 6) is -0.140. The molecule has 1 aliphatic rings. The van der Waals surface area contributed by atoms with Gasteiger partial charge in [-0.25, -0.2) is 0 Å². The number of hydrogen-bond donors (Lipinski definition) is 1. The number of aromatic nitrogens is 1. The smallest absolute Gasteiger partial charge is 0.263 e. The summed E-state index contributed by atoms with van der Waals surface area (Å²) in [7, 11) is 0. The molecule has 146 valence electrons. The predicted octanol–water partition coefficient (Wildman–Crippen LogP) is 3.78. The van der Waals surface area contributed by atoms with Crippen LogP contribution in [0.5, 0.6) is 0 Å². The number of piperidine rings is 1. The van der Waals surface area contributed by atoms with E-state index in [1.807, 2.05) is 47.8 Å². The fraction of sp³-hybridized carbons (Fsp3) is 0.217. The largest absolute Gasteiger partial charge is 0.391 e. The first-order chi connectivity index (χ1) is 14.1. The summed E-state index contributed by atoms with van der Waals surface area (Å²) in [6, 6.07) is 15.1. The van der Waals surface area contributed by atoms with Crippen LogP contribution in [0.2, 0.25) is 0 Å². The number of β-amino-alcohol motifs (C(OH)–C–C–N with tert-alkyl or cyclic N) is 1. The molecule has 5 rings (SSSR count). The van der Waals surface area contributed by atoms with Gasteiger partial charge in [-0.1, -0.05) is 30.3 Å². The molecule has 0 bridgehead atoms. The lowest BCUT2D eigenvalue weighted by molar-refractivity contribution is 0.0475. The van der Waals surface area contributed by atoms with E-state index >= 15 is 0 Å². The Kier molecular flexibility index (Phi) is 4.45. The fourth-order valence-corrected chi connectivity index (χ4v) is 5.05. The van der Waals surface area contributed by atoms with Gasteiger partial charge in [-0.3, -0.25) is 14.0 Å². The zero-order chi connectivity index (χ0) is 20.0. The molecule has 0 aliphatic carbocycles. The van der Waals surface area contributed by atoms with E-state index in [1.54, 1.807) is 21.6 Å². The van der Waals surface area contributed by atoms with E-state index in [0.717, 1.165) is 22.1 Å². The average Bonchev–Trinajstić information content (AvgIpc) is 3.23. The minimum absolute atomic E-state index is 0.140. The Morgan fingerprint density at radius 3 is 2.76 bits per heavy atom. The molecule has 5 nitrogen and oxygen atoms in total. The molecule has 0 spiro atoms. The lowest BCUT2D eigenvalue weighted by Gasteiger charge is -2.30. The maximum Gasteiger partial charge on any atom is 0.263 e. The summed E-state index contributed by atoms with van der Waals surface area (Å²) >= 11 is 1.53. The molecule has 0 saturated carbocycles. The topological polar surface area (TPSA) is 62.0 Å². The second kappa shape index (κ2) is 7.13. The molecular formula is C23H20N2O3S. The minimum atomic E-state index is -0.499. The molecule has 1 unspecified atom stereocenters. The van der Waals surface area contributed by atoms with Crippen LogP contribution in [0.15, 0.2) is 64.9 Å². The van der Waals surface area contributed by atoms with Gasteiger partial charge in [0, 0.05) is 24.8 Å². The standard InChI is InChI=1S/C23H20N2O3S/c26-17-7-4-10-24(14-17)22(27)19-13-18(15-5-2-1-3-6-15)23(28)25-11-8-16-9-12-29-21(16)20(19)25/h1-3,5-6,8-9,11-13,17,26H,4,7,10,14H2. The number of carbonyl (C=O) groups excluding carboxylic acids is 1. The number of likely N-dealkylation sites (tertiary alicyclic amines) is 1. The van der Waals surface area contributed by atoms with Gasteiger partial charge in [-0.15, -0.1) is 11.3 Å². The van der Waals surface area contributed by atoms with E-state index in [0.29, 0.717) is 36.2 Å². The number of aliphatic hydroxyl groups excluding tert-OH is 1. The highest BCUT2D eigenvalue weighted by atomic mass is 32.1. The van der Waals surface area contributed by atoms with Gasteiger partial charge in [0.2, 0.25) is 0 Å². The number of rotatable bonds is 2. The first kappa shape index (κ1) is 18.1. The van der Waals surface area contributed by atoms with E-state index in [1.165, 1.54) is 11.3 Å². The van der Waals surface area contributed by atoms with Crippen molar-refractivity contribution in [3.63, 3.8) is 0 Å². The molecule has 1 aliphatic heterocycles. The van der Waals surface area contributed by atoms with Crippen molar-refractivity contribution in [2.45, 2.75) is 18.9 Å². The normalized spacial score (nSPS) is 17.1. The molecule has 4 heterocycles. The lowest BCUT2D eigenvalue weighted by atomic mass is 10.0. The predicted molar refractivity (Wildman–Crippen MR) is 116 cm³/mol. The molecule has 1 aromatic carbocycles. The van der Waals surface area contributed by atoms with Crippen molar-refractivity contribution in [1.82, 2.24) is 9.30 Å². The Morgan fingerprint density at radius 2 is 1.97 bits per heavy atom. The summed E-state index contributed by atoms with van der Waals surface area (Å²) in [5, 5.41) is 13.0. The molecule has 1 saturated heterocycles. The highest BCUT2D eigenvalue weighted by molar-refractivity contribution is 7.18. The van der Waals surface area contributed by atoms with Crippen molar-refractivity contribution in [2.24, 2.45) is 0 Å². The summed E-state index contributed by atoms with van der Waals surface area (Å²) < 4.78 is 2.51. The van der Waals surface area contributed by atoms with Crippen LogP contribution < -0.4 is 5.56 Å². The quantitative estimate of drug-likeness (QED) is 0.553. The van der Waals surface area contributed by atoms with Crippen molar-refractivity contribution in [3.05, 3.63) is 76.0 Å². The van der Waals surface area contributed by atoms with Crippen LogP contribution in [0.4, 0.5) is 0 Å². The highest BCUT2D eigenvalue weighted by Gasteiger charge is 2.26. The number of amides is 1. The van der Waals surface area contributed by atoms with Crippen LogP contribution in [0, 0.1) is 0 Å². The lowest BCUT2D eigenvalue weighted by Crippen LogP contribution is -2.42. The van der Waals surface area contributed by atoms with Gasteiger partial charge in [-0.2, -0.15) is 0 Å². The van der Waals surface area contributed by atoms with Gasteiger partial charge < -0.3 is 10.0 Å². The first-order valence-electron chi connectivity index (χ1n) is 9.72.